The minimum absolute atomic E-state index is 0.289. The lowest BCUT2D eigenvalue weighted by atomic mass is 9.96. The van der Waals surface area contributed by atoms with Crippen molar-refractivity contribution in [3.05, 3.63) is 60.2 Å². The first-order valence-electron chi connectivity index (χ1n) is 8.50. The van der Waals surface area contributed by atoms with Crippen molar-refractivity contribution in [1.29, 1.82) is 0 Å². The molecule has 0 bridgehead atoms. The lowest BCUT2D eigenvalue weighted by Crippen LogP contribution is -2.59. The van der Waals surface area contributed by atoms with Crippen molar-refractivity contribution in [2.75, 3.05) is 6.54 Å². The van der Waals surface area contributed by atoms with Crippen LogP contribution in [0.4, 0.5) is 8.78 Å². The van der Waals surface area contributed by atoms with Crippen LogP contribution >= 0.6 is 0 Å². The highest BCUT2D eigenvalue weighted by molar-refractivity contribution is 5.81. The van der Waals surface area contributed by atoms with Crippen LogP contribution in [0, 0.1) is 0 Å². The van der Waals surface area contributed by atoms with Gasteiger partial charge in [0.2, 0.25) is 5.91 Å². The molecular weight excluding hydrogens is 338 g/mol. The second kappa shape index (κ2) is 8.87. The molecular formula is C20H24F2N2O2. The zero-order valence-corrected chi connectivity index (χ0v) is 14.7. The Morgan fingerprint density at radius 3 is 2.23 bits per heavy atom. The molecule has 0 radical (unpaired) electrons. The quantitative estimate of drug-likeness (QED) is 0.601. The molecule has 4 N–H and O–H groups in total. The number of nitrogens with two attached hydrogens (primary N) is 1. The first-order valence-corrected chi connectivity index (χ1v) is 8.50. The van der Waals surface area contributed by atoms with E-state index in [2.05, 4.69) is 5.32 Å². The zero-order chi connectivity index (χ0) is 19.2. The number of primary amides is 1. The third kappa shape index (κ3) is 5.09. The summed E-state index contributed by atoms with van der Waals surface area (Å²) in [6.45, 7) is 1.19. The molecule has 0 aromatic heterocycles. The smallest absolute Gasteiger partial charge is 0.268 e. The summed E-state index contributed by atoms with van der Waals surface area (Å²) in [5.41, 5.74) is 5.99. The first-order chi connectivity index (χ1) is 12.3. The van der Waals surface area contributed by atoms with Crippen LogP contribution in [0.15, 0.2) is 54.6 Å². The molecule has 140 valence electrons. The van der Waals surface area contributed by atoms with Gasteiger partial charge in [-0.15, -0.1) is 0 Å². The molecule has 0 saturated carbocycles. The van der Waals surface area contributed by atoms with Crippen LogP contribution < -0.4 is 11.1 Å². The van der Waals surface area contributed by atoms with Crippen LogP contribution in [0.2, 0.25) is 0 Å². The number of amides is 1. The molecule has 6 heteroatoms. The van der Waals surface area contributed by atoms with Crippen LogP contribution in [0.3, 0.4) is 0 Å². The van der Waals surface area contributed by atoms with Gasteiger partial charge in [0.25, 0.3) is 6.43 Å². The molecule has 0 heterocycles. The fourth-order valence-corrected chi connectivity index (χ4v) is 2.75. The lowest BCUT2D eigenvalue weighted by molar-refractivity contribution is -0.140. The third-order valence-electron chi connectivity index (χ3n) is 4.36. The van der Waals surface area contributed by atoms with E-state index in [0.29, 0.717) is 12.8 Å². The molecule has 1 amide bonds. The average molecular weight is 362 g/mol. The number of alkyl halides is 2. The van der Waals surface area contributed by atoms with Gasteiger partial charge in [-0.2, -0.15) is 0 Å². The largest absolute Gasteiger partial charge is 0.382 e. The second-order valence-electron chi connectivity index (χ2n) is 6.48. The molecule has 0 aliphatic heterocycles. The highest BCUT2D eigenvalue weighted by atomic mass is 19.3. The zero-order valence-electron chi connectivity index (χ0n) is 14.7. The molecule has 0 aliphatic rings. The maximum absolute atomic E-state index is 12.9. The average Bonchev–Trinajstić information content (AvgIpc) is 2.62. The highest BCUT2D eigenvalue weighted by Gasteiger charge is 2.43. The van der Waals surface area contributed by atoms with E-state index < -0.39 is 24.0 Å². The van der Waals surface area contributed by atoms with Gasteiger partial charge < -0.3 is 16.2 Å². The number of carbonyl (C=O) groups excluding carboxylic acids is 1. The van der Waals surface area contributed by atoms with Crippen LogP contribution in [0.5, 0.6) is 0 Å². The maximum Gasteiger partial charge on any atom is 0.268 e. The van der Waals surface area contributed by atoms with Gasteiger partial charge in [0.05, 0.1) is 0 Å². The van der Waals surface area contributed by atoms with E-state index in [4.69, 9.17) is 5.73 Å². The maximum atomic E-state index is 12.9. The summed E-state index contributed by atoms with van der Waals surface area (Å²) in [5, 5.41) is 12.4. The van der Waals surface area contributed by atoms with E-state index in [1.807, 2.05) is 54.6 Å². The van der Waals surface area contributed by atoms with E-state index in [9.17, 15) is 18.7 Å². The molecule has 0 fully saturated rings. The Bertz CT molecular complexity index is 704. The molecule has 2 atom stereocenters. The predicted molar refractivity (Wildman–Crippen MR) is 97.8 cm³/mol. The summed E-state index contributed by atoms with van der Waals surface area (Å²) >= 11 is 0. The van der Waals surface area contributed by atoms with Gasteiger partial charge in [-0.05, 0) is 43.0 Å². The van der Waals surface area contributed by atoms with Gasteiger partial charge >= 0.3 is 0 Å². The number of rotatable bonds is 9. The number of hydrogen-bond acceptors (Lipinski definition) is 3. The Morgan fingerprint density at radius 2 is 1.69 bits per heavy atom. The topological polar surface area (TPSA) is 75.3 Å². The number of benzene rings is 2. The normalized spacial score (nSPS) is 14.8. The van der Waals surface area contributed by atoms with E-state index in [1.54, 1.807) is 0 Å². The monoisotopic (exact) mass is 362 g/mol. The highest BCUT2D eigenvalue weighted by Crippen LogP contribution is 2.21. The lowest BCUT2D eigenvalue weighted by Gasteiger charge is -2.30. The summed E-state index contributed by atoms with van der Waals surface area (Å²) < 4.78 is 25.8. The van der Waals surface area contributed by atoms with E-state index in [-0.39, 0.29) is 6.54 Å². The fourth-order valence-electron chi connectivity index (χ4n) is 2.75. The van der Waals surface area contributed by atoms with Crippen molar-refractivity contribution in [3.63, 3.8) is 0 Å². The van der Waals surface area contributed by atoms with Crippen molar-refractivity contribution in [1.82, 2.24) is 5.32 Å². The van der Waals surface area contributed by atoms with Crippen molar-refractivity contribution in [3.8, 4) is 11.1 Å². The van der Waals surface area contributed by atoms with Crippen LogP contribution in [0.25, 0.3) is 11.1 Å². The summed E-state index contributed by atoms with van der Waals surface area (Å²) in [5.74, 6) is -0.998. The van der Waals surface area contributed by atoms with Gasteiger partial charge in [-0.3, -0.25) is 4.79 Å². The van der Waals surface area contributed by atoms with Crippen LogP contribution in [-0.4, -0.2) is 35.6 Å². The number of aryl methyl sites for hydroxylation is 1. The second-order valence-corrected chi connectivity index (χ2v) is 6.48. The Balaban J connectivity index is 1.86. The molecule has 0 unspecified atom stereocenters. The molecule has 0 spiro atoms. The summed E-state index contributed by atoms with van der Waals surface area (Å²) in [6.07, 6.45) is -1.74. The van der Waals surface area contributed by atoms with Crippen molar-refractivity contribution < 1.29 is 18.7 Å². The predicted octanol–water partition coefficient (Wildman–Crippen LogP) is 2.75. The summed E-state index contributed by atoms with van der Waals surface area (Å²) in [7, 11) is 0. The van der Waals surface area contributed by atoms with Gasteiger partial charge in [0.1, 0.15) is 11.6 Å². The Hall–Kier alpha value is -2.31. The number of carbonyl (C=O) groups is 1. The van der Waals surface area contributed by atoms with Crippen molar-refractivity contribution in [2.45, 2.75) is 37.8 Å². The SMILES string of the molecule is C[C@@](O)(C(F)F)[C@H](NCCCc1ccc(-c2ccccc2)cc1)C(N)=O. The first kappa shape index (κ1) is 20.0. The van der Waals surface area contributed by atoms with Gasteiger partial charge in [-0.1, -0.05) is 54.6 Å². The number of hydrogen-bond donors (Lipinski definition) is 3. The number of aliphatic hydroxyl groups is 1. The van der Waals surface area contributed by atoms with E-state index >= 15 is 0 Å². The molecule has 2 aromatic carbocycles. The summed E-state index contributed by atoms with van der Waals surface area (Å²) in [4.78, 5) is 11.4. The Labute approximate surface area is 152 Å². The minimum Gasteiger partial charge on any atom is -0.382 e. The standard InChI is InChI=1S/C20H24F2N2O2/c1-20(26,19(21)22)17(18(23)25)24-13-5-6-14-9-11-16(12-10-14)15-7-3-2-4-8-15/h2-4,7-12,17,19,24,26H,5-6,13H2,1H3,(H2,23,25)/t17-,20+/m1/s1. The van der Waals surface area contributed by atoms with Gasteiger partial charge in [0, 0.05) is 0 Å². The minimum atomic E-state index is -3.07. The van der Waals surface area contributed by atoms with Crippen LogP contribution in [0.1, 0.15) is 18.9 Å². The Morgan fingerprint density at radius 1 is 1.12 bits per heavy atom. The molecule has 2 aromatic rings. The Kier molecular flexibility index (Phi) is 6.83. The summed E-state index contributed by atoms with van der Waals surface area (Å²) in [6, 6.07) is 16.6. The molecule has 0 aliphatic carbocycles. The molecule has 26 heavy (non-hydrogen) atoms. The fraction of sp³-hybridized carbons (Fsp3) is 0.350. The molecule has 0 saturated heterocycles. The number of halogens is 2. The number of nitrogens with one attached hydrogen (secondary N) is 1. The molecule has 4 nitrogen and oxygen atoms in total. The van der Waals surface area contributed by atoms with E-state index in [0.717, 1.165) is 23.6 Å². The molecule has 2 rings (SSSR count). The van der Waals surface area contributed by atoms with Crippen LogP contribution in [-0.2, 0) is 11.2 Å². The van der Waals surface area contributed by atoms with E-state index in [1.165, 1.54) is 0 Å². The van der Waals surface area contributed by atoms with Gasteiger partial charge in [-0.25, -0.2) is 8.78 Å². The van der Waals surface area contributed by atoms with Crippen molar-refractivity contribution in [2.24, 2.45) is 5.73 Å². The van der Waals surface area contributed by atoms with Crippen molar-refractivity contribution >= 4 is 5.91 Å². The van der Waals surface area contributed by atoms with Gasteiger partial charge in [0.15, 0.2) is 0 Å². The third-order valence-corrected chi connectivity index (χ3v) is 4.36.